The molecule has 2 aromatic carbocycles. The van der Waals surface area contributed by atoms with E-state index in [9.17, 15) is 4.39 Å². The van der Waals surface area contributed by atoms with Crippen LogP contribution in [0.2, 0.25) is 0 Å². The minimum atomic E-state index is -0.186. The summed E-state index contributed by atoms with van der Waals surface area (Å²) < 4.78 is 18.8. The molecule has 1 atom stereocenters. The zero-order chi connectivity index (χ0) is 20.2. The van der Waals surface area contributed by atoms with E-state index in [4.69, 9.17) is 4.52 Å². The topological polar surface area (TPSA) is 42.2 Å². The monoisotopic (exact) mass is 391 g/mol. The third kappa shape index (κ3) is 4.62. The van der Waals surface area contributed by atoms with Crippen molar-refractivity contribution >= 4 is 6.08 Å². The maximum Gasteiger partial charge on any atom is 0.250 e. The van der Waals surface area contributed by atoms with Crippen molar-refractivity contribution in [2.24, 2.45) is 5.92 Å². The Morgan fingerprint density at radius 2 is 1.72 bits per heavy atom. The Balaban J connectivity index is 1.43. The number of hydrogen-bond donors (Lipinski definition) is 0. The molecule has 1 aromatic heterocycles. The van der Waals surface area contributed by atoms with Gasteiger partial charge in [-0.25, -0.2) is 4.39 Å². The Hall–Kier alpha value is -2.79. The Labute approximate surface area is 171 Å². The molecule has 0 bridgehead atoms. The highest BCUT2D eigenvalue weighted by Crippen LogP contribution is 2.39. The molecule has 150 valence electrons. The number of allylic oxidation sites excluding steroid dienone is 1. The van der Waals surface area contributed by atoms with Gasteiger partial charge >= 0.3 is 0 Å². The first kappa shape index (κ1) is 19.5. The van der Waals surface area contributed by atoms with Gasteiger partial charge in [0.05, 0.1) is 0 Å². The molecule has 0 amide bonds. The fraction of sp³-hybridized carbons (Fsp3) is 0.333. The summed E-state index contributed by atoms with van der Waals surface area (Å²) in [6, 6.07) is 17.1. The molecule has 0 spiro atoms. The van der Waals surface area contributed by atoms with Crippen molar-refractivity contribution in [2.45, 2.75) is 31.7 Å². The van der Waals surface area contributed by atoms with Crippen LogP contribution in [-0.4, -0.2) is 29.1 Å². The van der Waals surface area contributed by atoms with Gasteiger partial charge < -0.3 is 9.42 Å². The Morgan fingerprint density at radius 3 is 2.38 bits per heavy atom. The van der Waals surface area contributed by atoms with E-state index >= 15 is 0 Å². The average molecular weight is 391 g/mol. The van der Waals surface area contributed by atoms with Gasteiger partial charge in [-0.05, 0) is 63.4 Å². The van der Waals surface area contributed by atoms with Crippen LogP contribution in [0.3, 0.4) is 0 Å². The second-order valence-electron chi connectivity index (χ2n) is 7.92. The zero-order valence-corrected chi connectivity index (χ0v) is 16.9. The summed E-state index contributed by atoms with van der Waals surface area (Å²) in [6.07, 6.45) is 6.24. The van der Waals surface area contributed by atoms with Gasteiger partial charge in [0.1, 0.15) is 5.82 Å². The van der Waals surface area contributed by atoms with Gasteiger partial charge in [0, 0.05) is 17.7 Å². The van der Waals surface area contributed by atoms with Crippen molar-refractivity contribution in [3.8, 4) is 11.4 Å². The molecule has 1 aliphatic carbocycles. The summed E-state index contributed by atoms with van der Waals surface area (Å²) in [5.41, 5.74) is 3.48. The number of rotatable bonds is 5. The first-order valence-corrected chi connectivity index (χ1v) is 10.1. The van der Waals surface area contributed by atoms with E-state index in [1.54, 1.807) is 12.1 Å². The smallest absolute Gasteiger partial charge is 0.250 e. The van der Waals surface area contributed by atoms with Gasteiger partial charge in [-0.15, -0.1) is 0 Å². The van der Waals surface area contributed by atoms with Crippen LogP contribution in [-0.2, 0) is 0 Å². The van der Waals surface area contributed by atoms with Gasteiger partial charge in [-0.2, -0.15) is 4.98 Å². The predicted molar refractivity (Wildman–Crippen MR) is 112 cm³/mol. The Kier molecular flexibility index (Phi) is 5.86. The minimum Gasteiger partial charge on any atom is -0.334 e. The lowest BCUT2D eigenvalue weighted by Gasteiger charge is -2.36. The van der Waals surface area contributed by atoms with Crippen LogP contribution in [0.1, 0.15) is 43.2 Å². The highest BCUT2D eigenvalue weighted by atomic mass is 19.1. The maximum atomic E-state index is 13.3. The van der Waals surface area contributed by atoms with E-state index in [1.165, 1.54) is 11.1 Å². The number of benzene rings is 2. The molecular formula is C24H26FN3O. The highest BCUT2D eigenvalue weighted by molar-refractivity contribution is 5.55. The molecule has 0 radical (unpaired) electrons. The SMILES string of the molecule is CN(C)C(c1ccc(F)cc1)C1CCC(=Cc2nc(-c3ccccc3)no2)CC1. The number of aromatic nitrogens is 2. The van der Waals surface area contributed by atoms with E-state index in [2.05, 4.69) is 29.1 Å². The first-order valence-electron chi connectivity index (χ1n) is 10.1. The van der Waals surface area contributed by atoms with Crippen molar-refractivity contribution in [2.75, 3.05) is 14.1 Å². The molecule has 1 heterocycles. The Morgan fingerprint density at radius 1 is 1.03 bits per heavy atom. The minimum absolute atomic E-state index is 0.186. The van der Waals surface area contributed by atoms with Crippen molar-refractivity contribution in [3.05, 3.63) is 77.4 Å². The molecule has 0 N–H and O–H groups in total. The summed E-state index contributed by atoms with van der Waals surface area (Å²) in [5.74, 6) is 1.54. The van der Waals surface area contributed by atoms with E-state index in [0.717, 1.165) is 31.2 Å². The van der Waals surface area contributed by atoms with Crippen molar-refractivity contribution in [3.63, 3.8) is 0 Å². The van der Waals surface area contributed by atoms with Gasteiger partial charge in [0.2, 0.25) is 5.82 Å². The average Bonchev–Trinajstić information content (AvgIpc) is 3.20. The fourth-order valence-electron chi connectivity index (χ4n) is 4.30. The largest absolute Gasteiger partial charge is 0.334 e. The van der Waals surface area contributed by atoms with Gasteiger partial charge in [-0.1, -0.05) is 53.2 Å². The third-order valence-electron chi connectivity index (χ3n) is 5.69. The zero-order valence-electron chi connectivity index (χ0n) is 16.9. The highest BCUT2D eigenvalue weighted by Gasteiger charge is 2.28. The van der Waals surface area contributed by atoms with Crippen molar-refractivity contribution in [1.29, 1.82) is 0 Å². The molecule has 1 fully saturated rings. The summed E-state index contributed by atoms with van der Waals surface area (Å²) >= 11 is 0. The maximum absolute atomic E-state index is 13.3. The lowest BCUT2D eigenvalue weighted by molar-refractivity contribution is 0.183. The van der Waals surface area contributed by atoms with Crippen LogP contribution in [0.25, 0.3) is 17.5 Å². The summed E-state index contributed by atoms with van der Waals surface area (Å²) in [7, 11) is 4.20. The fourth-order valence-corrected chi connectivity index (χ4v) is 4.30. The molecule has 0 aliphatic heterocycles. The van der Waals surface area contributed by atoms with E-state index in [0.29, 0.717) is 23.7 Å². The first-order chi connectivity index (χ1) is 14.1. The van der Waals surface area contributed by atoms with Crippen molar-refractivity contribution < 1.29 is 8.91 Å². The van der Waals surface area contributed by atoms with Crippen LogP contribution in [0.5, 0.6) is 0 Å². The van der Waals surface area contributed by atoms with E-state index in [-0.39, 0.29) is 5.82 Å². The second-order valence-corrected chi connectivity index (χ2v) is 7.92. The molecular weight excluding hydrogens is 365 g/mol. The molecule has 4 rings (SSSR count). The quantitative estimate of drug-likeness (QED) is 0.555. The molecule has 5 heteroatoms. The number of hydrogen-bond acceptors (Lipinski definition) is 4. The van der Waals surface area contributed by atoms with E-state index in [1.807, 2.05) is 48.5 Å². The number of halogens is 1. The molecule has 1 aliphatic rings. The number of nitrogens with zero attached hydrogens (tertiary/aromatic N) is 3. The van der Waals surface area contributed by atoms with Crippen LogP contribution >= 0.6 is 0 Å². The second kappa shape index (κ2) is 8.70. The molecule has 3 aromatic rings. The standard InChI is InChI=1S/C24H26FN3O/c1-28(2)23(19-12-14-21(25)15-13-19)18-10-8-17(9-11-18)16-22-26-24(27-29-22)20-6-4-3-5-7-20/h3-7,12-16,18,23H,8-11H2,1-2H3. The molecule has 1 unspecified atom stereocenters. The van der Waals surface area contributed by atoms with Crippen molar-refractivity contribution in [1.82, 2.24) is 15.0 Å². The van der Waals surface area contributed by atoms with Crippen LogP contribution in [0.15, 0.2) is 64.7 Å². The van der Waals surface area contributed by atoms with E-state index < -0.39 is 0 Å². The lowest BCUT2D eigenvalue weighted by atomic mass is 9.78. The van der Waals surface area contributed by atoms with Crippen LogP contribution < -0.4 is 0 Å². The summed E-state index contributed by atoms with van der Waals surface area (Å²) in [4.78, 5) is 6.76. The molecule has 4 nitrogen and oxygen atoms in total. The summed E-state index contributed by atoms with van der Waals surface area (Å²) in [6.45, 7) is 0. The van der Waals surface area contributed by atoms with Gasteiger partial charge in [0.15, 0.2) is 0 Å². The lowest BCUT2D eigenvalue weighted by Crippen LogP contribution is -2.29. The third-order valence-corrected chi connectivity index (χ3v) is 5.69. The normalized spacial score (nSPS) is 18.1. The van der Waals surface area contributed by atoms with Crippen LogP contribution in [0.4, 0.5) is 4.39 Å². The molecule has 0 saturated heterocycles. The molecule has 29 heavy (non-hydrogen) atoms. The summed E-state index contributed by atoms with van der Waals surface area (Å²) in [5, 5.41) is 4.10. The van der Waals surface area contributed by atoms with Gasteiger partial charge in [0.25, 0.3) is 5.89 Å². The Bertz CT molecular complexity index is 953. The predicted octanol–water partition coefficient (Wildman–Crippen LogP) is 5.75. The van der Waals surface area contributed by atoms with Gasteiger partial charge in [-0.3, -0.25) is 0 Å². The molecule has 1 saturated carbocycles. The van der Waals surface area contributed by atoms with Crippen LogP contribution in [0, 0.1) is 11.7 Å².